The highest BCUT2D eigenvalue weighted by atomic mass is 16.2. The molecule has 2 amide bonds. The van der Waals surface area contributed by atoms with E-state index in [1.807, 2.05) is 19.1 Å². The van der Waals surface area contributed by atoms with Crippen LogP contribution in [0.1, 0.15) is 12.5 Å². The molecule has 2 heterocycles. The minimum absolute atomic E-state index is 0. The van der Waals surface area contributed by atoms with E-state index >= 15 is 0 Å². The number of carbonyl (C=O) groups excluding carboxylic acids is 1. The fourth-order valence-electron chi connectivity index (χ4n) is 1.21. The highest BCUT2D eigenvalue weighted by Gasteiger charge is 2.16. The molecule has 9 nitrogen and oxygen atoms in total. The van der Waals surface area contributed by atoms with Crippen LogP contribution in [0.25, 0.3) is 0 Å². The third-order valence-corrected chi connectivity index (χ3v) is 1.99. The molecule has 1 aromatic heterocycles. The van der Waals surface area contributed by atoms with E-state index < -0.39 is 0 Å². The van der Waals surface area contributed by atoms with E-state index in [0.717, 1.165) is 11.3 Å². The molecule has 0 saturated heterocycles. The molecule has 9 heteroatoms. The Bertz CT molecular complexity index is 448. The van der Waals surface area contributed by atoms with Gasteiger partial charge in [0.25, 0.3) is 0 Å². The van der Waals surface area contributed by atoms with Crippen molar-refractivity contribution >= 4 is 18.0 Å². The number of rotatable bonds is 2. The van der Waals surface area contributed by atoms with Crippen LogP contribution in [-0.2, 0) is 0 Å². The molecule has 0 radical (unpaired) electrons. The first-order chi connectivity index (χ1) is 7.75. The number of amides is 2. The number of hydrogen-bond acceptors (Lipinski definition) is 4. The van der Waals surface area contributed by atoms with Crippen molar-refractivity contribution in [1.82, 2.24) is 15.4 Å². The van der Waals surface area contributed by atoms with Crippen molar-refractivity contribution in [2.24, 2.45) is 10.2 Å². The smallest absolute Gasteiger partial charge is 0.358 e. The molecule has 0 unspecified atom stereocenters. The predicted molar refractivity (Wildman–Crippen MR) is 71.0 cm³/mol. The van der Waals surface area contributed by atoms with Gasteiger partial charge in [-0.05, 0) is 13.0 Å². The van der Waals surface area contributed by atoms with E-state index in [4.69, 9.17) is 0 Å². The molecule has 0 aromatic carbocycles. The van der Waals surface area contributed by atoms with E-state index in [1.54, 1.807) is 18.6 Å². The van der Waals surface area contributed by atoms with Crippen LogP contribution in [0, 0.1) is 0 Å². The molecule has 0 aliphatic carbocycles. The quantitative estimate of drug-likeness (QED) is 0.637. The van der Waals surface area contributed by atoms with Crippen molar-refractivity contribution in [1.29, 1.82) is 0 Å². The lowest BCUT2D eigenvalue weighted by molar-refractivity contribution is 0.204. The average Bonchev–Trinajstić information content (AvgIpc) is 2.32. The summed E-state index contributed by atoms with van der Waals surface area (Å²) in [5, 5.41) is 9.18. The van der Waals surface area contributed by atoms with Crippen LogP contribution in [0.15, 0.2) is 34.7 Å². The zero-order valence-electron chi connectivity index (χ0n) is 10.3. The first kappa shape index (κ1) is 19.0. The van der Waals surface area contributed by atoms with Crippen LogP contribution in [-0.4, -0.2) is 50.9 Å². The number of carbonyl (C=O) groups is 1. The Kier molecular flexibility index (Phi) is 8.69. The molecule has 0 spiro atoms. The standard InChI is InChI=1S/C10H11N5O.3H2O/c1-8-7-15(10(16)14-13-8)12-6-9-3-2-4-11-5-9;;;/h2-6H,7H2,1H3,(H,14,16);3*1H2. The van der Waals surface area contributed by atoms with Crippen LogP contribution in [0.5, 0.6) is 0 Å². The van der Waals surface area contributed by atoms with Gasteiger partial charge in [-0.15, -0.1) is 0 Å². The van der Waals surface area contributed by atoms with Gasteiger partial charge in [-0.1, -0.05) is 6.07 Å². The summed E-state index contributed by atoms with van der Waals surface area (Å²) in [4.78, 5) is 15.3. The van der Waals surface area contributed by atoms with Gasteiger partial charge in [0, 0.05) is 18.0 Å². The largest absolute Gasteiger partial charge is 0.412 e. The summed E-state index contributed by atoms with van der Waals surface area (Å²) in [6, 6.07) is 3.34. The summed E-state index contributed by atoms with van der Waals surface area (Å²) in [7, 11) is 0. The van der Waals surface area contributed by atoms with Gasteiger partial charge in [0.1, 0.15) is 0 Å². The van der Waals surface area contributed by atoms with Gasteiger partial charge in [-0.3, -0.25) is 4.98 Å². The molecule has 106 valence electrons. The van der Waals surface area contributed by atoms with Crippen molar-refractivity contribution in [3.05, 3.63) is 30.1 Å². The van der Waals surface area contributed by atoms with Gasteiger partial charge in [0.15, 0.2) is 0 Å². The van der Waals surface area contributed by atoms with E-state index in [9.17, 15) is 4.79 Å². The number of urea groups is 1. The molecular formula is C10H17N5O4. The molecule has 0 bridgehead atoms. The zero-order chi connectivity index (χ0) is 11.4. The van der Waals surface area contributed by atoms with Crippen LogP contribution >= 0.6 is 0 Å². The number of hydrogen-bond donors (Lipinski definition) is 1. The van der Waals surface area contributed by atoms with Crippen LogP contribution in [0.3, 0.4) is 0 Å². The summed E-state index contributed by atoms with van der Waals surface area (Å²) < 4.78 is 0. The van der Waals surface area contributed by atoms with Crippen molar-refractivity contribution < 1.29 is 21.2 Å². The minimum atomic E-state index is -0.328. The molecule has 1 aromatic rings. The second-order valence-corrected chi connectivity index (χ2v) is 3.35. The van der Waals surface area contributed by atoms with Gasteiger partial charge >= 0.3 is 6.03 Å². The maximum absolute atomic E-state index is 11.3. The van der Waals surface area contributed by atoms with Gasteiger partial charge < -0.3 is 16.4 Å². The Hall–Kier alpha value is -2.36. The number of nitrogens with zero attached hydrogens (tertiary/aromatic N) is 4. The van der Waals surface area contributed by atoms with E-state index in [1.165, 1.54) is 5.01 Å². The first-order valence-corrected chi connectivity index (χ1v) is 4.80. The Balaban J connectivity index is 0. The average molecular weight is 271 g/mol. The van der Waals surface area contributed by atoms with Crippen molar-refractivity contribution in [3.8, 4) is 0 Å². The molecule has 1 aliphatic heterocycles. The van der Waals surface area contributed by atoms with Gasteiger partial charge in [-0.2, -0.15) is 10.2 Å². The third-order valence-electron chi connectivity index (χ3n) is 1.99. The maximum Gasteiger partial charge on any atom is 0.358 e. The van der Waals surface area contributed by atoms with Crippen molar-refractivity contribution in [2.45, 2.75) is 6.92 Å². The lowest BCUT2D eigenvalue weighted by atomic mass is 10.3. The monoisotopic (exact) mass is 271 g/mol. The summed E-state index contributed by atoms with van der Waals surface area (Å²) >= 11 is 0. The highest BCUT2D eigenvalue weighted by molar-refractivity contribution is 5.92. The zero-order valence-corrected chi connectivity index (χ0v) is 10.3. The molecular weight excluding hydrogens is 254 g/mol. The predicted octanol–water partition coefficient (Wildman–Crippen LogP) is -1.66. The third kappa shape index (κ3) is 5.21. The molecule has 0 fully saturated rings. The minimum Gasteiger partial charge on any atom is -0.412 e. The number of nitrogens with one attached hydrogen (secondary N) is 1. The molecule has 2 rings (SSSR count). The van der Waals surface area contributed by atoms with Crippen LogP contribution < -0.4 is 5.43 Å². The maximum atomic E-state index is 11.3. The van der Waals surface area contributed by atoms with E-state index in [0.29, 0.717) is 6.54 Å². The van der Waals surface area contributed by atoms with Crippen LogP contribution in [0.2, 0.25) is 0 Å². The number of hydrazone groups is 2. The van der Waals surface area contributed by atoms with Gasteiger partial charge in [-0.25, -0.2) is 15.2 Å². The summed E-state index contributed by atoms with van der Waals surface area (Å²) in [6.07, 6.45) is 4.94. The Morgan fingerprint density at radius 1 is 1.42 bits per heavy atom. The summed E-state index contributed by atoms with van der Waals surface area (Å²) in [6.45, 7) is 2.23. The van der Waals surface area contributed by atoms with Gasteiger partial charge in [0.2, 0.25) is 0 Å². The van der Waals surface area contributed by atoms with Crippen molar-refractivity contribution in [2.75, 3.05) is 6.54 Å². The Morgan fingerprint density at radius 3 is 2.79 bits per heavy atom. The van der Waals surface area contributed by atoms with E-state index in [-0.39, 0.29) is 22.5 Å². The lowest BCUT2D eigenvalue weighted by Crippen LogP contribution is -2.42. The summed E-state index contributed by atoms with van der Waals surface area (Å²) in [5.74, 6) is 0. The molecule has 1 aliphatic rings. The number of pyridine rings is 1. The fraction of sp³-hybridized carbons (Fsp3) is 0.200. The second-order valence-electron chi connectivity index (χ2n) is 3.35. The molecule has 19 heavy (non-hydrogen) atoms. The highest BCUT2D eigenvalue weighted by Crippen LogP contribution is 1.99. The van der Waals surface area contributed by atoms with E-state index in [2.05, 4.69) is 20.6 Å². The fourth-order valence-corrected chi connectivity index (χ4v) is 1.21. The number of aromatic nitrogens is 1. The molecule has 7 N–H and O–H groups in total. The van der Waals surface area contributed by atoms with Crippen molar-refractivity contribution in [3.63, 3.8) is 0 Å². The summed E-state index contributed by atoms with van der Waals surface area (Å²) in [5.41, 5.74) is 4.02. The topological polar surface area (TPSA) is 164 Å². The van der Waals surface area contributed by atoms with Crippen LogP contribution in [0.4, 0.5) is 4.79 Å². The lowest BCUT2D eigenvalue weighted by Gasteiger charge is -2.20. The Morgan fingerprint density at radius 2 is 2.16 bits per heavy atom. The molecule has 0 atom stereocenters. The normalized spacial score (nSPS) is 13.6. The second kappa shape index (κ2) is 8.69. The van der Waals surface area contributed by atoms with Gasteiger partial charge in [0.05, 0.1) is 18.5 Å². The SMILES string of the molecule is CC1=NNC(=O)N(N=Cc2cccnc2)C1.O.O.O. The molecule has 0 saturated carbocycles. The Labute approximate surface area is 109 Å². The first-order valence-electron chi connectivity index (χ1n) is 4.80.